The van der Waals surface area contributed by atoms with Crippen LogP contribution in [-0.2, 0) is 9.59 Å². The van der Waals surface area contributed by atoms with Crippen molar-refractivity contribution < 1.29 is 9.59 Å². The quantitative estimate of drug-likeness (QED) is 0.555. The van der Waals surface area contributed by atoms with Gasteiger partial charge < -0.3 is 10.6 Å². The molecule has 3 aromatic rings. The fraction of sp³-hybridized carbons (Fsp3) is 0.320. The van der Waals surface area contributed by atoms with Crippen LogP contribution in [0.4, 0.5) is 5.69 Å². The molecule has 0 aliphatic heterocycles. The van der Waals surface area contributed by atoms with E-state index in [2.05, 4.69) is 22.8 Å². The van der Waals surface area contributed by atoms with Crippen LogP contribution in [0.25, 0.3) is 10.2 Å². The lowest BCUT2D eigenvalue weighted by Gasteiger charge is -2.26. The predicted molar refractivity (Wildman–Crippen MR) is 127 cm³/mol. The molecule has 4 rings (SSSR count). The molecule has 1 heterocycles. The van der Waals surface area contributed by atoms with Crippen molar-refractivity contribution in [3.63, 3.8) is 0 Å². The van der Waals surface area contributed by atoms with Crippen LogP contribution in [0, 0.1) is 26.7 Å². The molecule has 31 heavy (non-hydrogen) atoms. The third-order valence-electron chi connectivity index (χ3n) is 5.76. The number of carbonyl (C=O) groups excluding carboxylic acids is 2. The van der Waals surface area contributed by atoms with Gasteiger partial charge in [-0.15, -0.1) is 11.3 Å². The molecule has 160 valence electrons. The zero-order chi connectivity index (χ0) is 22.0. The summed E-state index contributed by atoms with van der Waals surface area (Å²) in [4.78, 5) is 30.3. The molecule has 2 aromatic carbocycles. The Morgan fingerprint density at radius 2 is 1.77 bits per heavy atom. The maximum absolute atomic E-state index is 13.0. The molecule has 1 aromatic heterocycles. The predicted octanol–water partition coefficient (Wildman–Crippen LogP) is 5.03. The van der Waals surface area contributed by atoms with E-state index in [1.165, 1.54) is 0 Å². The third-order valence-corrected chi connectivity index (χ3v) is 6.93. The molecule has 0 saturated heterocycles. The summed E-state index contributed by atoms with van der Waals surface area (Å²) in [5.41, 5.74) is 4.99. The Balaban J connectivity index is 1.42. The number of nitrogens with one attached hydrogen (secondary N) is 2. The van der Waals surface area contributed by atoms with Crippen molar-refractivity contribution in [1.82, 2.24) is 10.3 Å². The number of thiazole rings is 1. The van der Waals surface area contributed by atoms with Crippen LogP contribution in [0.15, 0.2) is 48.6 Å². The van der Waals surface area contributed by atoms with Gasteiger partial charge in [0, 0.05) is 11.6 Å². The van der Waals surface area contributed by atoms with Crippen molar-refractivity contribution in [2.24, 2.45) is 5.92 Å². The highest BCUT2D eigenvalue weighted by atomic mass is 32.1. The van der Waals surface area contributed by atoms with Crippen molar-refractivity contribution >= 4 is 39.1 Å². The number of nitrogens with zero attached hydrogens (tertiary/aromatic N) is 1. The van der Waals surface area contributed by atoms with Gasteiger partial charge in [-0.3, -0.25) is 9.59 Å². The van der Waals surface area contributed by atoms with Crippen LogP contribution in [0.2, 0.25) is 0 Å². The first-order valence-corrected chi connectivity index (χ1v) is 11.4. The standard InChI is InChI=1S/C25H27N3O2S/c1-15-12-16(2)23(17(3)13-15)28-22(29)14-26-24(30)18-8-4-5-9-19(18)25-27-20-10-6-7-11-21(20)31-25/h4-7,10-13,18-19H,8-9,14H2,1-3H3,(H,26,30)(H,28,29)/t18-,19+/m1/s1. The number of anilines is 1. The molecular formula is C25H27N3O2S. The number of allylic oxidation sites excluding steroid dienone is 2. The Morgan fingerprint density at radius 3 is 2.52 bits per heavy atom. The lowest BCUT2D eigenvalue weighted by atomic mass is 9.82. The SMILES string of the molecule is Cc1cc(C)c(NC(=O)CNC(=O)[C@@H]2CC=CC[C@@H]2c2nc3ccccc3s2)c(C)c1. The molecule has 6 heteroatoms. The van der Waals surface area contributed by atoms with Gasteiger partial charge in [0.05, 0.1) is 27.7 Å². The summed E-state index contributed by atoms with van der Waals surface area (Å²) < 4.78 is 1.13. The van der Waals surface area contributed by atoms with E-state index >= 15 is 0 Å². The lowest BCUT2D eigenvalue weighted by Crippen LogP contribution is -2.39. The van der Waals surface area contributed by atoms with E-state index in [0.717, 1.165) is 44.0 Å². The molecule has 0 unspecified atom stereocenters. The molecule has 2 amide bonds. The fourth-order valence-electron chi connectivity index (χ4n) is 4.28. The summed E-state index contributed by atoms with van der Waals surface area (Å²) in [6, 6.07) is 12.1. The highest BCUT2D eigenvalue weighted by Gasteiger charge is 2.32. The van der Waals surface area contributed by atoms with Crippen molar-refractivity contribution in [2.45, 2.75) is 39.5 Å². The Morgan fingerprint density at radius 1 is 1.06 bits per heavy atom. The molecule has 1 aliphatic carbocycles. The largest absolute Gasteiger partial charge is 0.347 e. The maximum atomic E-state index is 13.0. The number of benzene rings is 2. The van der Waals surface area contributed by atoms with E-state index in [4.69, 9.17) is 4.98 Å². The molecule has 1 aliphatic rings. The minimum Gasteiger partial charge on any atom is -0.347 e. The van der Waals surface area contributed by atoms with Crippen LogP contribution in [0.1, 0.15) is 40.5 Å². The van der Waals surface area contributed by atoms with Gasteiger partial charge in [0.2, 0.25) is 11.8 Å². The minimum atomic E-state index is -0.221. The van der Waals surface area contributed by atoms with Crippen molar-refractivity contribution in [2.75, 3.05) is 11.9 Å². The van der Waals surface area contributed by atoms with Crippen molar-refractivity contribution in [3.8, 4) is 0 Å². The van der Waals surface area contributed by atoms with E-state index in [-0.39, 0.29) is 30.2 Å². The highest BCUT2D eigenvalue weighted by Crippen LogP contribution is 2.38. The molecule has 0 spiro atoms. The molecule has 2 atom stereocenters. The Hall–Kier alpha value is -2.99. The Kier molecular flexibility index (Phi) is 6.18. The zero-order valence-electron chi connectivity index (χ0n) is 18.1. The van der Waals surface area contributed by atoms with Crippen LogP contribution in [0.3, 0.4) is 0 Å². The molecule has 0 radical (unpaired) electrons. The molecular weight excluding hydrogens is 406 g/mol. The monoisotopic (exact) mass is 433 g/mol. The summed E-state index contributed by atoms with van der Waals surface area (Å²) >= 11 is 1.65. The maximum Gasteiger partial charge on any atom is 0.243 e. The minimum absolute atomic E-state index is 0.0343. The van der Waals surface area contributed by atoms with Gasteiger partial charge in [-0.05, 0) is 56.9 Å². The summed E-state index contributed by atoms with van der Waals surface area (Å²) in [7, 11) is 0. The highest BCUT2D eigenvalue weighted by molar-refractivity contribution is 7.18. The van der Waals surface area contributed by atoms with Gasteiger partial charge in [-0.2, -0.15) is 0 Å². The van der Waals surface area contributed by atoms with Gasteiger partial charge in [0.25, 0.3) is 0 Å². The van der Waals surface area contributed by atoms with E-state index < -0.39 is 0 Å². The smallest absolute Gasteiger partial charge is 0.243 e. The summed E-state index contributed by atoms with van der Waals surface area (Å²) in [5.74, 6) is -0.499. The molecule has 0 bridgehead atoms. The zero-order valence-corrected chi connectivity index (χ0v) is 18.9. The van der Waals surface area contributed by atoms with Crippen LogP contribution in [0.5, 0.6) is 0 Å². The number of aromatic nitrogens is 1. The van der Waals surface area contributed by atoms with E-state index in [1.54, 1.807) is 11.3 Å². The first kappa shape index (κ1) is 21.2. The number of para-hydroxylation sites is 1. The summed E-state index contributed by atoms with van der Waals surface area (Å²) in [5, 5.41) is 6.78. The average Bonchev–Trinajstić information content (AvgIpc) is 3.18. The van der Waals surface area contributed by atoms with Crippen molar-refractivity contribution in [1.29, 1.82) is 0 Å². The van der Waals surface area contributed by atoms with E-state index in [1.807, 2.05) is 57.2 Å². The number of rotatable bonds is 5. The second-order valence-corrected chi connectivity index (χ2v) is 9.28. The number of fused-ring (bicyclic) bond motifs is 1. The number of amides is 2. The van der Waals surface area contributed by atoms with Crippen molar-refractivity contribution in [3.05, 3.63) is 70.2 Å². The topological polar surface area (TPSA) is 71.1 Å². The molecule has 0 fully saturated rings. The van der Waals surface area contributed by atoms with Gasteiger partial charge in [0.1, 0.15) is 0 Å². The summed E-state index contributed by atoms with van der Waals surface area (Å²) in [6.07, 6.45) is 5.61. The van der Waals surface area contributed by atoms with Crippen LogP contribution in [-0.4, -0.2) is 23.3 Å². The van der Waals surface area contributed by atoms with Gasteiger partial charge in [-0.25, -0.2) is 4.98 Å². The normalized spacial score (nSPS) is 18.2. The molecule has 5 nitrogen and oxygen atoms in total. The fourth-order valence-corrected chi connectivity index (χ4v) is 5.43. The van der Waals surface area contributed by atoms with E-state index in [9.17, 15) is 9.59 Å². The van der Waals surface area contributed by atoms with Crippen LogP contribution < -0.4 is 10.6 Å². The lowest BCUT2D eigenvalue weighted by molar-refractivity contribution is -0.127. The number of hydrogen-bond acceptors (Lipinski definition) is 4. The van der Waals surface area contributed by atoms with Gasteiger partial charge in [-0.1, -0.05) is 42.0 Å². The van der Waals surface area contributed by atoms with Gasteiger partial charge >= 0.3 is 0 Å². The number of aryl methyl sites for hydroxylation is 3. The van der Waals surface area contributed by atoms with E-state index in [0.29, 0.717) is 6.42 Å². The second-order valence-electron chi connectivity index (χ2n) is 8.22. The average molecular weight is 434 g/mol. The summed E-state index contributed by atoms with van der Waals surface area (Å²) in [6.45, 7) is 5.95. The van der Waals surface area contributed by atoms with Gasteiger partial charge in [0.15, 0.2) is 0 Å². The Bertz CT molecular complexity index is 1110. The number of hydrogen-bond donors (Lipinski definition) is 2. The van der Waals surface area contributed by atoms with Crippen LogP contribution >= 0.6 is 11.3 Å². The Labute approximate surface area is 186 Å². The molecule has 2 N–H and O–H groups in total. The first-order chi connectivity index (χ1) is 14.9. The third kappa shape index (κ3) is 4.69. The molecule has 0 saturated carbocycles. The number of carbonyl (C=O) groups is 2. The first-order valence-electron chi connectivity index (χ1n) is 10.6. The second kappa shape index (κ2) is 9.02.